The highest BCUT2D eigenvalue weighted by Gasteiger charge is 2.20. The Kier molecular flexibility index (Phi) is 3.61. The molecule has 1 N–H and O–H groups in total. The summed E-state index contributed by atoms with van der Waals surface area (Å²) >= 11 is 3.34. The fourth-order valence-electron chi connectivity index (χ4n) is 1.85. The molecule has 0 spiro atoms. The number of nitrogens with zero attached hydrogens (tertiary/aromatic N) is 3. The Bertz CT molecular complexity index is 580. The quantitative estimate of drug-likeness (QED) is 0.918. The van der Waals surface area contributed by atoms with E-state index in [1.807, 2.05) is 0 Å². The van der Waals surface area contributed by atoms with Gasteiger partial charge in [0.25, 0.3) is 0 Å². The van der Waals surface area contributed by atoms with E-state index in [1.165, 1.54) is 18.9 Å². The van der Waals surface area contributed by atoms with E-state index in [4.69, 9.17) is 0 Å². The molecule has 0 unspecified atom stereocenters. The minimum Gasteiger partial charge on any atom is -0.307 e. The third kappa shape index (κ3) is 3.39. The number of rotatable bonds is 5. The zero-order valence-electron chi connectivity index (χ0n) is 10.3. The van der Waals surface area contributed by atoms with Crippen molar-refractivity contribution in [3.8, 4) is 0 Å². The number of hydrogen-bond acceptors (Lipinski definition) is 3. The summed E-state index contributed by atoms with van der Waals surface area (Å²) in [6.07, 6.45) is 4.12. The van der Waals surface area contributed by atoms with Crippen molar-refractivity contribution in [2.45, 2.75) is 32.0 Å². The summed E-state index contributed by atoms with van der Waals surface area (Å²) in [7, 11) is 0. The summed E-state index contributed by atoms with van der Waals surface area (Å²) in [5.74, 6) is 0.527. The lowest BCUT2D eigenvalue weighted by Gasteiger charge is -2.03. The average molecular weight is 325 g/mol. The highest BCUT2D eigenvalue weighted by atomic mass is 79.9. The van der Waals surface area contributed by atoms with Crippen LogP contribution in [0, 0.1) is 5.82 Å². The minimum absolute atomic E-state index is 0.226. The van der Waals surface area contributed by atoms with Gasteiger partial charge in [-0.15, -0.1) is 0 Å². The molecule has 1 aliphatic rings. The predicted octanol–water partition coefficient (Wildman–Crippen LogP) is 2.48. The Hall–Kier alpha value is -1.27. The number of halogens is 2. The van der Waals surface area contributed by atoms with Gasteiger partial charge in [-0.25, -0.2) is 14.1 Å². The normalized spacial score (nSPS) is 14.8. The van der Waals surface area contributed by atoms with Crippen LogP contribution in [-0.2, 0) is 13.1 Å². The van der Waals surface area contributed by atoms with Crippen LogP contribution in [0.25, 0.3) is 0 Å². The first kappa shape index (κ1) is 12.7. The van der Waals surface area contributed by atoms with Crippen LogP contribution < -0.4 is 5.32 Å². The lowest BCUT2D eigenvalue weighted by atomic mass is 10.2. The van der Waals surface area contributed by atoms with Crippen molar-refractivity contribution < 1.29 is 4.39 Å². The van der Waals surface area contributed by atoms with Gasteiger partial charge in [-0.3, -0.25) is 0 Å². The molecule has 2 aromatic rings. The Labute approximate surface area is 119 Å². The molecule has 0 radical (unpaired) electrons. The number of benzene rings is 1. The number of aromatic nitrogens is 3. The van der Waals surface area contributed by atoms with Gasteiger partial charge in [-0.05, 0) is 31.0 Å². The van der Waals surface area contributed by atoms with Gasteiger partial charge in [0.05, 0.1) is 13.1 Å². The maximum absolute atomic E-state index is 13.6. The second-order valence-corrected chi connectivity index (χ2v) is 5.66. The first-order valence-electron chi connectivity index (χ1n) is 6.26. The van der Waals surface area contributed by atoms with Crippen LogP contribution in [0.4, 0.5) is 4.39 Å². The molecule has 0 bridgehead atoms. The second-order valence-electron chi connectivity index (χ2n) is 4.75. The molecular weight excluding hydrogens is 311 g/mol. The minimum atomic E-state index is -0.226. The van der Waals surface area contributed by atoms with Crippen LogP contribution in [0.15, 0.2) is 29.0 Å². The van der Waals surface area contributed by atoms with Crippen molar-refractivity contribution in [3.63, 3.8) is 0 Å². The van der Waals surface area contributed by atoms with Gasteiger partial charge in [0, 0.05) is 16.1 Å². The fraction of sp³-hybridized carbons (Fsp3) is 0.385. The van der Waals surface area contributed by atoms with E-state index < -0.39 is 0 Å². The summed E-state index contributed by atoms with van der Waals surface area (Å²) in [5, 5.41) is 7.69. The average Bonchev–Trinajstić information content (AvgIpc) is 3.12. The van der Waals surface area contributed by atoms with Crippen LogP contribution in [0.2, 0.25) is 0 Å². The SMILES string of the molecule is Fc1ccc(Br)cc1Cn1cnc(CNC2CC2)n1. The van der Waals surface area contributed by atoms with Crippen LogP contribution in [-0.4, -0.2) is 20.8 Å². The molecule has 3 rings (SSSR count). The Morgan fingerprint density at radius 3 is 3.05 bits per heavy atom. The molecule has 1 saturated carbocycles. The molecule has 0 amide bonds. The third-order valence-electron chi connectivity index (χ3n) is 3.05. The van der Waals surface area contributed by atoms with E-state index in [0.717, 1.165) is 10.3 Å². The van der Waals surface area contributed by atoms with Gasteiger partial charge in [0.15, 0.2) is 5.82 Å². The highest BCUT2D eigenvalue weighted by Crippen LogP contribution is 2.19. The summed E-state index contributed by atoms with van der Waals surface area (Å²) in [5.41, 5.74) is 0.598. The monoisotopic (exact) mass is 324 g/mol. The van der Waals surface area contributed by atoms with Crippen molar-refractivity contribution in [1.29, 1.82) is 0 Å². The second kappa shape index (κ2) is 5.38. The lowest BCUT2D eigenvalue weighted by molar-refractivity contribution is 0.578. The van der Waals surface area contributed by atoms with Crippen molar-refractivity contribution in [2.24, 2.45) is 0 Å². The van der Waals surface area contributed by atoms with Gasteiger partial charge >= 0.3 is 0 Å². The number of nitrogens with one attached hydrogen (secondary N) is 1. The molecule has 19 heavy (non-hydrogen) atoms. The molecule has 4 nitrogen and oxygen atoms in total. The molecule has 100 valence electrons. The summed E-state index contributed by atoms with van der Waals surface area (Å²) < 4.78 is 16.2. The number of hydrogen-bond donors (Lipinski definition) is 1. The molecule has 0 aliphatic heterocycles. The summed E-state index contributed by atoms with van der Waals surface area (Å²) in [6, 6.07) is 5.53. The lowest BCUT2D eigenvalue weighted by Crippen LogP contribution is -2.16. The van der Waals surface area contributed by atoms with E-state index in [1.54, 1.807) is 23.1 Å². The van der Waals surface area contributed by atoms with Crippen molar-refractivity contribution in [3.05, 3.63) is 46.2 Å². The summed E-state index contributed by atoms with van der Waals surface area (Å²) in [4.78, 5) is 4.22. The Morgan fingerprint density at radius 2 is 2.26 bits per heavy atom. The molecule has 1 heterocycles. The first-order chi connectivity index (χ1) is 9.20. The Balaban J connectivity index is 1.66. The van der Waals surface area contributed by atoms with Crippen LogP contribution in [0.3, 0.4) is 0 Å². The van der Waals surface area contributed by atoms with E-state index in [2.05, 4.69) is 31.3 Å². The Morgan fingerprint density at radius 1 is 1.42 bits per heavy atom. The van der Waals surface area contributed by atoms with Crippen LogP contribution >= 0.6 is 15.9 Å². The van der Waals surface area contributed by atoms with Crippen molar-refractivity contribution >= 4 is 15.9 Å². The predicted molar refractivity (Wildman–Crippen MR) is 73.1 cm³/mol. The maximum atomic E-state index is 13.6. The zero-order chi connectivity index (χ0) is 13.2. The molecule has 1 aliphatic carbocycles. The van der Waals surface area contributed by atoms with Gasteiger partial charge in [0.1, 0.15) is 12.1 Å². The molecule has 1 aromatic heterocycles. The van der Waals surface area contributed by atoms with E-state index >= 15 is 0 Å². The van der Waals surface area contributed by atoms with Gasteiger partial charge in [0.2, 0.25) is 0 Å². The van der Waals surface area contributed by atoms with Crippen LogP contribution in [0.1, 0.15) is 24.2 Å². The van der Waals surface area contributed by atoms with Crippen molar-refractivity contribution in [1.82, 2.24) is 20.1 Å². The molecule has 1 aromatic carbocycles. The summed E-state index contributed by atoms with van der Waals surface area (Å²) in [6.45, 7) is 1.07. The third-order valence-corrected chi connectivity index (χ3v) is 3.54. The van der Waals surface area contributed by atoms with E-state index in [9.17, 15) is 4.39 Å². The fourth-order valence-corrected chi connectivity index (χ4v) is 2.26. The largest absolute Gasteiger partial charge is 0.307 e. The van der Waals surface area contributed by atoms with Crippen LogP contribution in [0.5, 0.6) is 0 Å². The molecule has 1 fully saturated rings. The van der Waals surface area contributed by atoms with E-state index in [0.29, 0.717) is 24.7 Å². The standard InChI is InChI=1S/C13H14BrFN4/c14-10-1-4-12(15)9(5-10)7-19-8-17-13(18-19)6-16-11-2-3-11/h1,4-5,8,11,16H,2-3,6-7H2. The first-order valence-corrected chi connectivity index (χ1v) is 7.05. The van der Waals surface area contributed by atoms with E-state index in [-0.39, 0.29) is 5.82 Å². The van der Waals surface area contributed by atoms with Gasteiger partial charge in [-0.2, -0.15) is 5.10 Å². The zero-order valence-corrected chi connectivity index (χ0v) is 11.9. The molecule has 0 saturated heterocycles. The maximum Gasteiger partial charge on any atom is 0.164 e. The van der Waals surface area contributed by atoms with Gasteiger partial charge < -0.3 is 5.32 Å². The highest BCUT2D eigenvalue weighted by molar-refractivity contribution is 9.10. The molecule has 6 heteroatoms. The molecular formula is C13H14BrFN4. The topological polar surface area (TPSA) is 42.7 Å². The smallest absolute Gasteiger partial charge is 0.164 e. The van der Waals surface area contributed by atoms with Gasteiger partial charge in [-0.1, -0.05) is 15.9 Å². The molecule has 0 atom stereocenters. The van der Waals surface area contributed by atoms with Crippen molar-refractivity contribution in [2.75, 3.05) is 0 Å².